The van der Waals surface area contributed by atoms with Gasteiger partial charge in [-0.05, 0) is 50.0 Å². The van der Waals surface area contributed by atoms with Crippen molar-refractivity contribution in [3.63, 3.8) is 0 Å². The van der Waals surface area contributed by atoms with Crippen molar-refractivity contribution in [1.82, 2.24) is 15.2 Å². The fourth-order valence-corrected chi connectivity index (χ4v) is 5.62. The lowest BCUT2D eigenvalue weighted by atomic mass is 9.61. The molecule has 7 heteroatoms. The third kappa shape index (κ3) is 3.30. The van der Waals surface area contributed by atoms with E-state index in [1.54, 1.807) is 11.3 Å². The number of carbonyl (C=O) groups is 2. The van der Waals surface area contributed by atoms with Crippen molar-refractivity contribution >= 4 is 34.5 Å². The molecule has 2 aliphatic rings. The van der Waals surface area contributed by atoms with E-state index in [1.807, 2.05) is 41.6 Å². The van der Waals surface area contributed by atoms with Gasteiger partial charge in [-0.25, -0.2) is 4.98 Å². The zero-order chi connectivity index (χ0) is 18.3. The topological polar surface area (TPSA) is 62.3 Å². The molecule has 4 rings (SSSR count). The molecule has 5 nitrogen and oxygen atoms in total. The van der Waals surface area contributed by atoms with E-state index in [2.05, 4.69) is 10.3 Å². The van der Waals surface area contributed by atoms with Gasteiger partial charge in [-0.15, -0.1) is 22.7 Å². The molecule has 0 spiro atoms. The number of rotatable bonds is 4. The SMILES string of the molecule is CC(C)NC(=O)[C@@H]1C[C@H]2CCN(C(=O)c3csc(-c4cccs4)n3)C[C@H]21. The van der Waals surface area contributed by atoms with Crippen LogP contribution < -0.4 is 5.32 Å². The lowest BCUT2D eigenvalue weighted by Crippen LogP contribution is -2.56. The van der Waals surface area contributed by atoms with Gasteiger partial charge in [0.1, 0.15) is 10.7 Å². The Morgan fingerprint density at radius 1 is 1.35 bits per heavy atom. The molecule has 2 aromatic heterocycles. The average Bonchev–Trinajstić information content (AvgIpc) is 3.26. The monoisotopic (exact) mass is 389 g/mol. The predicted molar refractivity (Wildman–Crippen MR) is 104 cm³/mol. The number of fused-ring (bicyclic) bond motifs is 1. The van der Waals surface area contributed by atoms with Crippen LogP contribution in [0.4, 0.5) is 0 Å². The largest absolute Gasteiger partial charge is 0.354 e. The van der Waals surface area contributed by atoms with Crippen molar-refractivity contribution in [1.29, 1.82) is 0 Å². The summed E-state index contributed by atoms with van der Waals surface area (Å²) in [5.74, 6) is 1.07. The van der Waals surface area contributed by atoms with E-state index < -0.39 is 0 Å². The van der Waals surface area contributed by atoms with E-state index in [0.717, 1.165) is 29.3 Å². The van der Waals surface area contributed by atoms with Gasteiger partial charge in [-0.2, -0.15) is 0 Å². The van der Waals surface area contributed by atoms with E-state index in [4.69, 9.17) is 0 Å². The first-order valence-electron chi connectivity index (χ1n) is 9.12. The fourth-order valence-electron chi connectivity index (χ4n) is 4.01. The minimum Gasteiger partial charge on any atom is -0.354 e. The maximum atomic E-state index is 12.9. The van der Waals surface area contributed by atoms with Crippen molar-refractivity contribution < 1.29 is 9.59 Å². The summed E-state index contributed by atoms with van der Waals surface area (Å²) in [5.41, 5.74) is 0.527. The minimum atomic E-state index is -0.00239. The molecule has 1 N–H and O–H groups in total. The maximum Gasteiger partial charge on any atom is 0.273 e. The van der Waals surface area contributed by atoms with Gasteiger partial charge in [0.15, 0.2) is 0 Å². The molecule has 26 heavy (non-hydrogen) atoms. The first-order chi connectivity index (χ1) is 12.5. The Bertz CT molecular complexity index is 800. The summed E-state index contributed by atoms with van der Waals surface area (Å²) in [5, 5.41) is 7.79. The summed E-state index contributed by atoms with van der Waals surface area (Å²) in [6.07, 6.45) is 1.95. The van der Waals surface area contributed by atoms with Crippen molar-refractivity contribution in [3.8, 4) is 9.88 Å². The fraction of sp³-hybridized carbons (Fsp3) is 0.526. The summed E-state index contributed by atoms with van der Waals surface area (Å²) >= 11 is 3.15. The Kier molecular flexibility index (Phi) is 4.84. The average molecular weight is 390 g/mol. The Labute approximate surface area is 161 Å². The molecule has 2 fully saturated rings. The Morgan fingerprint density at radius 3 is 2.92 bits per heavy atom. The number of piperidine rings is 1. The van der Waals surface area contributed by atoms with Crippen LogP contribution in [0.15, 0.2) is 22.9 Å². The van der Waals surface area contributed by atoms with Gasteiger partial charge in [-0.1, -0.05) is 6.07 Å². The van der Waals surface area contributed by atoms with Crippen LogP contribution in [0.25, 0.3) is 9.88 Å². The highest BCUT2D eigenvalue weighted by Crippen LogP contribution is 2.46. The van der Waals surface area contributed by atoms with Gasteiger partial charge in [0.25, 0.3) is 5.91 Å². The second kappa shape index (κ2) is 7.12. The molecule has 138 valence electrons. The molecule has 1 aliphatic carbocycles. The summed E-state index contributed by atoms with van der Waals surface area (Å²) in [7, 11) is 0. The summed E-state index contributed by atoms with van der Waals surface area (Å²) in [4.78, 5) is 32.8. The number of nitrogens with one attached hydrogen (secondary N) is 1. The van der Waals surface area contributed by atoms with Crippen molar-refractivity contribution in [2.75, 3.05) is 13.1 Å². The Hall–Kier alpha value is -1.73. The summed E-state index contributed by atoms with van der Waals surface area (Å²) in [6, 6.07) is 4.18. The number of amides is 2. The normalized spacial score (nSPS) is 24.9. The predicted octanol–water partition coefficient (Wildman–Crippen LogP) is 3.49. The number of aromatic nitrogens is 1. The molecule has 1 saturated carbocycles. The molecule has 0 radical (unpaired) electrons. The maximum absolute atomic E-state index is 12.9. The summed E-state index contributed by atoms with van der Waals surface area (Å²) < 4.78 is 0. The van der Waals surface area contributed by atoms with Crippen LogP contribution in [-0.2, 0) is 4.79 Å². The number of likely N-dealkylation sites (tertiary alicyclic amines) is 1. The zero-order valence-corrected chi connectivity index (χ0v) is 16.6. The third-order valence-electron chi connectivity index (χ3n) is 5.39. The van der Waals surface area contributed by atoms with Crippen molar-refractivity contribution in [2.45, 2.75) is 32.7 Å². The van der Waals surface area contributed by atoms with Crippen LogP contribution in [0.2, 0.25) is 0 Å². The second-order valence-corrected chi connectivity index (χ2v) is 9.29. The highest BCUT2D eigenvalue weighted by atomic mass is 32.1. The highest BCUT2D eigenvalue weighted by Gasteiger charge is 2.48. The number of hydrogen-bond acceptors (Lipinski definition) is 5. The molecule has 2 amide bonds. The number of thiophene rings is 1. The minimum absolute atomic E-state index is 0.00239. The quantitative estimate of drug-likeness (QED) is 0.871. The standard InChI is InChI=1S/C19H23N3O2S2/c1-11(2)20-17(23)13-8-12-5-6-22(9-14(12)13)19(24)15-10-26-18(21-15)16-4-3-7-25-16/h3-4,7,10-14H,5-6,8-9H2,1-2H3,(H,20,23)/t12-,13-,14-/m1/s1. The van der Waals surface area contributed by atoms with Crippen LogP contribution in [0, 0.1) is 17.8 Å². The van der Waals surface area contributed by atoms with Gasteiger partial charge in [0.05, 0.1) is 4.88 Å². The number of thiazole rings is 1. The molecule has 0 unspecified atom stereocenters. The van der Waals surface area contributed by atoms with Gasteiger partial charge < -0.3 is 10.2 Å². The van der Waals surface area contributed by atoms with Crippen LogP contribution in [0.5, 0.6) is 0 Å². The smallest absolute Gasteiger partial charge is 0.273 e. The molecule has 1 saturated heterocycles. The molecule has 3 atom stereocenters. The van der Waals surface area contributed by atoms with Crippen LogP contribution >= 0.6 is 22.7 Å². The first kappa shape index (κ1) is 17.7. The molecular formula is C19H23N3O2S2. The molecule has 0 bridgehead atoms. The Balaban J connectivity index is 1.42. The Morgan fingerprint density at radius 2 is 2.19 bits per heavy atom. The third-order valence-corrected chi connectivity index (χ3v) is 7.27. The van der Waals surface area contributed by atoms with Crippen LogP contribution in [-0.4, -0.2) is 40.8 Å². The lowest BCUT2D eigenvalue weighted by molar-refractivity contribution is -0.136. The molecule has 1 aliphatic heterocycles. The number of nitrogens with zero attached hydrogens (tertiary/aromatic N) is 2. The van der Waals surface area contributed by atoms with E-state index in [9.17, 15) is 9.59 Å². The van der Waals surface area contributed by atoms with E-state index in [-0.39, 0.29) is 23.8 Å². The zero-order valence-electron chi connectivity index (χ0n) is 15.0. The molecular weight excluding hydrogens is 366 g/mol. The first-order valence-corrected chi connectivity index (χ1v) is 10.9. The second-order valence-electron chi connectivity index (χ2n) is 7.48. The van der Waals surface area contributed by atoms with E-state index >= 15 is 0 Å². The van der Waals surface area contributed by atoms with Crippen LogP contribution in [0.3, 0.4) is 0 Å². The van der Waals surface area contributed by atoms with Crippen molar-refractivity contribution in [2.24, 2.45) is 17.8 Å². The highest BCUT2D eigenvalue weighted by molar-refractivity contribution is 7.20. The summed E-state index contributed by atoms with van der Waals surface area (Å²) in [6.45, 7) is 5.41. The van der Waals surface area contributed by atoms with Gasteiger partial charge in [-0.3, -0.25) is 9.59 Å². The van der Waals surface area contributed by atoms with Gasteiger partial charge in [0.2, 0.25) is 5.91 Å². The van der Waals surface area contributed by atoms with Crippen LogP contribution in [0.1, 0.15) is 37.2 Å². The van der Waals surface area contributed by atoms with Crippen molar-refractivity contribution in [3.05, 3.63) is 28.6 Å². The molecule has 2 aromatic rings. The van der Waals surface area contributed by atoms with E-state index in [1.165, 1.54) is 11.3 Å². The molecule has 3 heterocycles. The number of hydrogen-bond donors (Lipinski definition) is 1. The molecule has 0 aromatic carbocycles. The van der Waals surface area contributed by atoms with Gasteiger partial charge >= 0.3 is 0 Å². The van der Waals surface area contributed by atoms with E-state index in [0.29, 0.717) is 24.1 Å². The van der Waals surface area contributed by atoms with Gasteiger partial charge in [0, 0.05) is 30.4 Å². The number of carbonyl (C=O) groups excluding carboxylic acids is 2. The lowest BCUT2D eigenvalue weighted by Gasteiger charge is -2.50.